The first kappa shape index (κ1) is 21.3. The first-order valence-corrected chi connectivity index (χ1v) is 9.18. The van der Waals surface area contributed by atoms with E-state index in [1.54, 1.807) is 30.3 Å². The molecule has 2 atom stereocenters. The van der Waals surface area contributed by atoms with Gasteiger partial charge in [0.25, 0.3) is 0 Å². The van der Waals surface area contributed by atoms with Gasteiger partial charge in [-0.25, -0.2) is 0 Å². The van der Waals surface area contributed by atoms with Crippen LogP contribution in [0.15, 0.2) is 40.9 Å². The van der Waals surface area contributed by atoms with Crippen LogP contribution in [0, 0.1) is 0 Å². The molecule has 148 valence electrons. The van der Waals surface area contributed by atoms with Gasteiger partial charge in [0.05, 0.1) is 0 Å². The van der Waals surface area contributed by atoms with Crippen molar-refractivity contribution < 1.29 is 32.7 Å². The zero-order chi connectivity index (χ0) is 20.1. The number of carboxylic acid groups (broad SMARTS) is 1. The Labute approximate surface area is 157 Å². The number of alkyl halides is 3. The normalized spacial score (nSPS) is 15.3. The summed E-state index contributed by atoms with van der Waals surface area (Å²) < 4.78 is 45.5. The van der Waals surface area contributed by atoms with Crippen LogP contribution in [-0.4, -0.2) is 45.1 Å². The molecule has 10 heteroatoms. The monoisotopic (exact) mass is 404 g/mol. The summed E-state index contributed by atoms with van der Waals surface area (Å²) in [6.07, 6.45) is -5.48. The Bertz CT molecular complexity index is 754. The van der Waals surface area contributed by atoms with Crippen LogP contribution < -0.4 is 5.73 Å². The third-order valence-corrected chi connectivity index (χ3v) is 4.98. The van der Waals surface area contributed by atoms with E-state index in [0.717, 1.165) is 17.8 Å². The van der Waals surface area contributed by atoms with Crippen LogP contribution in [0.2, 0.25) is 0 Å². The van der Waals surface area contributed by atoms with Crippen molar-refractivity contribution in [3.05, 3.63) is 42.1 Å². The number of benzene rings is 1. The third-order valence-electron chi connectivity index (χ3n) is 3.96. The Morgan fingerprint density at radius 3 is 2.52 bits per heavy atom. The average Bonchev–Trinajstić information content (AvgIpc) is 3.11. The number of aromatic nitrogens is 1. The number of carboxylic acids is 1. The summed E-state index contributed by atoms with van der Waals surface area (Å²) in [5.41, 5.74) is 2.10. The van der Waals surface area contributed by atoms with Crippen LogP contribution in [0.4, 0.5) is 13.2 Å². The second kappa shape index (κ2) is 8.77. The van der Waals surface area contributed by atoms with E-state index < -0.39 is 35.9 Å². The number of nitrogens with zero attached hydrogens (tertiary/aromatic N) is 1. The summed E-state index contributed by atoms with van der Waals surface area (Å²) >= 11 is 1.08. The highest BCUT2D eigenvalue weighted by molar-refractivity contribution is 7.99. The van der Waals surface area contributed by atoms with Gasteiger partial charge in [-0.2, -0.15) is 24.9 Å². The quantitative estimate of drug-likeness (QED) is 0.551. The minimum absolute atomic E-state index is 0.0596. The molecule has 0 amide bonds. The molecule has 0 aliphatic rings. The summed E-state index contributed by atoms with van der Waals surface area (Å²) in [7, 11) is 0. The van der Waals surface area contributed by atoms with E-state index in [0.29, 0.717) is 5.56 Å². The van der Waals surface area contributed by atoms with Gasteiger partial charge in [0.2, 0.25) is 5.60 Å². The molecule has 0 radical (unpaired) electrons. The summed E-state index contributed by atoms with van der Waals surface area (Å²) in [4.78, 5) is 10.6. The number of hydrogen-bond donors (Lipinski definition) is 3. The predicted molar refractivity (Wildman–Crippen MR) is 94.1 cm³/mol. The van der Waals surface area contributed by atoms with E-state index in [9.17, 15) is 23.1 Å². The molecular weight excluding hydrogens is 385 g/mol. The zero-order valence-corrected chi connectivity index (χ0v) is 15.0. The summed E-state index contributed by atoms with van der Waals surface area (Å²) in [5.74, 6) is -0.849. The van der Waals surface area contributed by atoms with Crippen molar-refractivity contribution in [1.82, 2.24) is 5.16 Å². The van der Waals surface area contributed by atoms with Crippen molar-refractivity contribution in [3.8, 4) is 11.3 Å². The third kappa shape index (κ3) is 5.24. The molecule has 2 aromatic rings. The smallest absolute Gasteiger partial charge is 0.423 e. The maximum atomic E-state index is 13.5. The molecule has 2 rings (SSSR count). The molecule has 0 spiro atoms. The minimum atomic E-state index is -4.95. The Balaban J connectivity index is 2.06. The second-order valence-electron chi connectivity index (χ2n) is 5.90. The van der Waals surface area contributed by atoms with Crippen LogP contribution in [0.5, 0.6) is 0 Å². The largest absolute Gasteiger partial charge is 0.480 e. The van der Waals surface area contributed by atoms with Crippen molar-refractivity contribution >= 4 is 17.7 Å². The van der Waals surface area contributed by atoms with Crippen LogP contribution >= 0.6 is 11.8 Å². The van der Waals surface area contributed by atoms with Gasteiger partial charge in [-0.1, -0.05) is 35.5 Å². The van der Waals surface area contributed by atoms with E-state index in [1.165, 1.54) is 0 Å². The Morgan fingerprint density at radius 2 is 1.93 bits per heavy atom. The van der Waals surface area contributed by atoms with Crippen molar-refractivity contribution in [2.45, 2.75) is 30.7 Å². The van der Waals surface area contributed by atoms with Gasteiger partial charge in [0.1, 0.15) is 11.7 Å². The van der Waals surface area contributed by atoms with Gasteiger partial charge in [-0.15, -0.1) is 0 Å². The molecule has 6 nitrogen and oxygen atoms in total. The summed E-state index contributed by atoms with van der Waals surface area (Å²) in [5, 5.41) is 22.4. The molecule has 0 saturated carbocycles. The first-order valence-electron chi connectivity index (χ1n) is 8.03. The van der Waals surface area contributed by atoms with Gasteiger partial charge >= 0.3 is 12.1 Å². The van der Waals surface area contributed by atoms with Gasteiger partial charge in [-0.05, 0) is 17.9 Å². The number of rotatable bonds is 9. The number of carbonyl (C=O) groups is 1. The van der Waals surface area contributed by atoms with Gasteiger partial charge in [0.15, 0.2) is 5.76 Å². The topological polar surface area (TPSA) is 110 Å². The zero-order valence-electron chi connectivity index (χ0n) is 14.1. The molecular formula is C17H19F3N2O4S. The van der Waals surface area contributed by atoms with Gasteiger partial charge in [-0.3, -0.25) is 4.79 Å². The lowest BCUT2D eigenvalue weighted by molar-refractivity contribution is -0.269. The molecule has 27 heavy (non-hydrogen) atoms. The maximum absolute atomic E-state index is 13.5. The molecule has 0 aliphatic carbocycles. The average molecular weight is 404 g/mol. The molecule has 2 unspecified atom stereocenters. The standard InChI is InChI=1S/C17H19F3N2O4S/c18-17(19,20)16(25,7-9-27-8-6-12(21)15(23)24)14-10-13(26-22-14)11-4-2-1-3-5-11/h1-5,10,12,25H,6-9,21H2,(H,23,24). The van der Waals surface area contributed by atoms with Crippen LogP contribution in [-0.2, 0) is 10.4 Å². The van der Waals surface area contributed by atoms with E-state index >= 15 is 0 Å². The molecule has 0 bridgehead atoms. The van der Waals surface area contributed by atoms with Crippen molar-refractivity contribution in [3.63, 3.8) is 0 Å². The fraction of sp³-hybridized carbons (Fsp3) is 0.412. The van der Waals surface area contributed by atoms with E-state index in [-0.39, 0.29) is 23.7 Å². The van der Waals surface area contributed by atoms with Gasteiger partial charge < -0.3 is 20.5 Å². The van der Waals surface area contributed by atoms with E-state index in [2.05, 4.69) is 5.16 Å². The number of hydrogen-bond acceptors (Lipinski definition) is 6. The Morgan fingerprint density at radius 1 is 1.26 bits per heavy atom. The van der Waals surface area contributed by atoms with E-state index in [1.807, 2.05) is 0 Å². The molecule has 1 heterocycles. The highest BCUT2D eigenvalue weighted by Gasteiger charge is 2.56. The van der Waals surface area contributed by atoms with Crippen LogP contribution in [0.25, 0.3) is 11.3 Å². The van der Waals surface area contributed by atoms with Crippen molar-refractivity contribution in [2.24, 2.45) is 5.73 Å². The molecule has 4 N–H and O–H groups in total. The van der Waals surface area contributed by atoms with Crippen molar-refractivity contribution in [2.75, 3.05) is 11.5 Å². The second-order valence-corrected chi connectivity index (χ2v) is 7.12. The molecule has 0 saturated heterocycles. The Hall–Kier alpha value is -2.04. The lowest BCUT2D eigenvalue weighted by atomic mass is 9.95. The number of aliphatic hydroxyl groups is 1. The van der Waals surface area contributed by atoms with Crippen molar-refractivity contribution in [1.29, 1.82) is 0 Å². The highest BCUT2D eigenvalue weighted by atomic mass is 32.2. The van der Waals surface area contributed by atoms with Gasteiger partial charge in [0, 0.05) is 18.1 Å². The fourth-order valence-electron chi connectivity index (χ4n) is 2.28. The number of nitrogens with two attached hydrogens (primary N) is 1. The number of thioether (sulfide) groups is 1. The molecule has 0 fully saturated rings. The predicted octanol–water partition coefficient (Wildman–Crippen LogP) is 3.02. The summed E-state index contributed by atoms with van der Waals surface area (Å²) in [6, 6.07) is 8.46. The number of aliphatic carboxylic acids is 1. The SMILES string of the molecule is NC(CCSCCC(O)(c1cc(-c2ccccc2)on1)C(F)(F)F)C(=O)O. The minimum Gasteiger partial charge on any atom is -0.480 e. The molecule has 1 aromatic heterocycles. The lowest BCUT2D eigenvalue weighted by Gasteiger charge is -2.28. The first-order chi connectivity index (χ1) is 12.6. The molecule has 0 aliphatic heterocycles. The maximum Gasteiger partial charge on any atom is 0.423 e. The Kier molecular flexibility index (Phi) is 6.90. The number of halogens is 3. The van der Waals surface area contributed by atoms with Crippen LogP contribution in [0.1, 0.15) is 18.5 Å². The highest BCUT2D eigenvalue weighted by Crippen LogP contribution is 2.42. The summed E-state index contributed by atoms with van der Waals surface area (Å²) in [6.45, 7) is 0. The fourth-order valence-corrected chi connectivity index (χ4v) is 3.34. The lowest BCUT2D eigenvalue weighted by Crippen LogP contribution is -2.43. The van der Waals surface area contributed by atoms with E-state index in [4.69, 9.17) is 15.4 Å². The van der Waals surface area contributed by atoms with Crippen LogP contribution in [0.3, 0.4) is 0 Å². The molecule has 1 aromatic carbocycles.